The van der Waals surface area contributed by atoms with Crippen molar-refractivity contribution in [1.82, 2.24) is 15.0 Å². The number of amides is 2. The minimum absolute atomic E-state index is 0.0483. The summed E-state index contributed by atoms with van der Waals surface area (Å²) in [7, 11) is 1.59. The number of rotatable bonds is 5. The largest absolute Gasteiger partial charge is 0.495 e. The van der Waals surface area contributed by atoms with Crippen molar-refractivity contribution in [3.63, 3.8) is 0 Å². The molecule has 0 spiro atoms. The van der Waals surface area contributed by atoms with Gasteiger partial charge in [0.15, 0.2) is 5.82 Å². The molecular weight excluding hydrogens is 368 g/mol. The molecule has 0 radical (unpaired) electrons. The molecule has 148 valence electrons. The monoisotopic (exact) mass is 390 g/mol. The zero-order chi connectivity index (χ0) is 20.2. The lowest BCUT2D eigenvalue weighted by Crippen LogP contribution is -2.47. The summed E-state index contributed by atoms with van der Waals surface area (Å²) in [5, 5.41) is 2.84. The van der Waals surface area contributed by atoms with Gasteiger partial charge < -0.3 is 10.5 Å². The third-order valence-electron chi connectivity index (χ3n) is 4.94. The van der Waals surface area contributed by atoms with E-state index in [1.165, 1.54) is 0 Å². The fourth-order valence-corrected chi connectivity index (χ4v) is 3.17. The summed E-state index contributed by atoms with van der Waals surface area (Å²) in [5.74, 6) is 1.54. The van der Waals surface area contributed by atoms with Crippen LogP contribution in [0.5, 0.6) is 5.75 Å². The van der Waals surface area contributed by atoms with Crippen LogP contribution >= 0.6 is 0 Å². The highest BCUT2D eigenvalue weighted by Gasteiger charge is 2.32. The Bertz CT molecular complexity index is 1010. The lowest BCUT2D eigenvalue weighted by Gasteiger charge is -2.37. The molecule has 0 aliphatic heterocycles. The number of aromatic nitrogens is 3. The van der Waals surface area contributed by atoms with Crippen LogP contribution in [0.4, 0.5) is 22.1 Å². The van der Waals surface area contributed by atoms with Crippen LogP contribution in [0.2, 0.25) is 0 Å². The van der Waals surface area contributed by atoms with Gasteiger partial charge in [0.25, 0.3) is 0 Å². The Labute approximate surface area is 168 Å². The fraction of sp³-hybridized carbons (Fsp3) is 0.238. The number of methoxy groups -OCH3 is 1. The third kappa shape index (κ3) is 3.96. The van der Waals surface area contributed by atoms with Gasteiger partial charge in [-0.3, -0.25) is 15.2 Å². The first kappa shape index (κ1) is 18.7. The Morgan fingerprint density at radius 2 is 2.10 bits per heavy atom. The van der Waals surface area contributed by atoms with Gasteiger partial charge in [-0.2, -0.15) is 0 Å². The number of nitrogens with one attached hydrogen (secondary N) is 1. The molecule has 0 aromatic carbocycles. The number of pyridine rings is 3. The molecule has 3 N–H and O–H groups in total. The predicted octanol–water partition coefficient (Wildman–Crippen LogP) is 3.72. The Hall–Kier alpha value is -3.68. The predicted molar refractivity (Wildman–Crippen MR) is 112 cm³/mol. The second kappa shape index (κ2) is 8.14. The van der Waals surface area contributed by atoms with Crippen molar-refractivity contribution in [1.29, 1.82) is 0 Å². The second-order valence-electron chi connectivity index (χ2n) is 6.82. The van der Waals surface area contributed by atoms with Crippen LogP contribution in [0.3, 0.4) is 0 Å². The fourth-order valence-electron chi connectivity index (χ4n) is 3.17. The number of carbonyl (C=O) groups excluding carboxylic acids is 1. The van der Waals surface area contributed by atoms with Crippen LogP contribution in [0.1, 0.15) is 19.3 Å². The normalized spacial score (nSPS) is 13.4. The zero-order valence-electron chi connectivity index (χ0n) is 16.1. The van der Waals surface area contributed by atoms with E-state index in [1.54, 1.807) is 48.8 Å². The average Bonchev–Trinajstić information content (AvgIpc) is 2.72. The molecule has 29 heavy (non-hydrogen) atoms. The number of ether oxygens (including phenoxy) is 1. The molecule has 0 unspecified atom stereocenters. The number of hydrogen-bond acceptors (Lipinski definition) is 6. The molecule has 0 atom stereocenters. The van der Waals surface area contributed by atoms with Crippen LogP contribution < -0.4 is 20.7 Å². The van der Waals surface area contributed by atoms with Crippen LogP contribution in [0, 0.1) is 0 Å². The molecule has 3 aromatic rings. The Balaban J connectivity index is 1.69. The highest BCUT2D eigenvalue weighted by Crippen LogP contribution is 2.34. The molecule has 3 aromatic heterocycles. The van der Waals surface area contributed by atoms with E-state index in [1.807, 2.05) is 18.2 Å². The van der Waals surface area contributed by atoms with Crippen molar-refractivity contribution in [2.24, 2.45) is 0 Å². The van der Waals surface area contributed by atoms with E-state index < -0.39 is 0 Å². The maximum atomic E-state index is 13.1. The van der Waals surface area contributed by atoms with E-state index in [9.17, 15) is 4.79 Å². The molecule has 1 aliphatic carbocycles. The first-order valence-electron chi connectivity index (χ1n) is 9.43. The van der Waals surface area contributed by atoms with Crippen molar-refractivity contribution in [3.8, 4) is 17.0 Å². The van der Waals surface area contributed by atoms with E-state index >= 15 is 0 Å². The van der Waals surface area contributed by atoms with Crippen molar-refractivity contribution >= 4 is 23.4 Å². The van der Waals surface area contributed by atoms with Gasteiger partial charge in [-0.05, 0) is 49.6 Å². The molecule has 0 saturated heterocycles. The number of carbonyl (C=O) groups is 1. The molecule has 4 rings (SSSR count). The standard InChI is InChI=1S/C21H22N6O2/c1-29-16-11-14(12-23-13-16)18-9-8-17(22)20(25-18)27(15-5-4-6-15)21(28)26-19-7-2-3-10-24-19/h2-3,7-13,15H,4-6,22H2,1H3,(H,24,26,28). The summed E-state index contributed by atoms with van der Waals surface area (Å²) in [6.07, 6.45) is 7.84. The molecule has 1 saturated carbocycles. The van der Waals surface area contributed by atoms with Gasteiger partial charge in [0.2, 0.25) is 0 Å². The second-order valence-corrected chi connectivity index (χ2v) is 6.82. The summed E-state index contributed by atoms with van der Waals surface area (Å²) >= 11 is 0. The van der Waals surface area contributed by atoms with Crippen LogP contribution in [0.15, 0.2) is 55.0 Å². The number of hydrogen-bond donors (Lipinski definition) is 2. The number of urea groups is 1. The molecule has 3 heterocycles. The summed E-state index contributed by atoms with van der Waals surface area (Å²) < 4.78 is 5.25. The molecule has 2 amide bonds. The van der Waals surface area contributed by atoms with Crippen LogP contribution in [-0.2, 0) is 0 Å². The van der Waals surface area contributed by atoms with Crippen molar-refractivity contribution in [2.75, 3.05) is 23.1 Å². The molecule has 8 heteroatoms. The zero-order valence-corrected chi connectivity index (χ0v) is 16.1. The van der Waals surface area contributed by atoms with Crippen molar-refractivity contribution < 1.29 is 9.53 Å². The quantitative estimate of drug-likeness (QED) is 0.688. The summed E-state index contributed by atoms with van der Waals surface area (Å²) in [5.41, 5.74) is 8.11. The van der Waals surface area contributed by atoms with Gasteiger partial charge in [-0.25, -0.2) is 14.8 Å². The smallest absolute Gasteiger partial charge is 0.328 e. The SMILES string of the molecule is COc1cncc(-c2ccc(N)c(N(C(=O)Nc3ccccn3)C3CCC3)n2)c1. The summed E-state index contributed by atoms with van der Waals surface area (Å²) in [4.78, 5) is 27.8. The maximum Gasteiger partial charge on any atom is 0.328 e. The first-order chi connectivity index (χ1) is 14.2. The lowest BCUT2D eigenvalue weighted by atomic mass is 9.91. The Morgan fingerprint density at radius 1 is 1.24 bits per heavy atom. The summed E-state index contributed by atoms with van der Waals surface area (Å²) in [6.45, 7) is 0. The van der Waals surface area contributed by atoms with Crippen LogP contribution in [0.25, 0.3) is 11.3 Å². The van der Waals surface area contributed by atoms with E-state index in [4.69, 9.17) is 15.5 Å². The molecule has 0 bridgehead atoms. The van der Waals surface area contributed by atoms with E-state index in [2.05, 4.69) is 15.3 Å². The lowest BCUT2D eigenvalue weighted by molar-refractivity contribution is 0.249. The van der Waals surface area contributed by atoms with Gasteiger partial charge in [-0.15, -0.1) is 0 Å². The summed E-state index contributed by atoms with van der Waals surface area (Å²) in [6, 6.07) is 10.5. The van der Waals surface area contributed by atoms with Gasteiger partial charge in [-0.1, -0.05) is 6.07 Å². The van der Waals surface area contributed by atoms with Gasteiger partial charge >= 0.3 is 6.03 Å². The highest BCUT2D eigenvalue weighted by atomic mass is 16.5. The average molecular weight is 390 g/mol. The highest BCUT2D eigenvalue weighted by molar-refractivity contribution is 6.03. The van der Waals surface area contributed by atoms with Crippen molar-refractivity contribution in [2.45, 2.75) is 25.3 Å². The number of nitrogens with zero attached hydrogens (tertiary/aromatic N) is 4. The topological polar surface area (TPSA) is 106 Å². The molecule has 1 aliphatic rings. The maximum absolute atomic E-state index is 13.1. The van der Waals surface area contributed by atoms with E-state index in [-0.39, 0.29) is 12.1 Å². The third-order valence-corrected chi connectivity index (χ3v) is 4.94. The molecular formula is C21H22N6O2. The van der Waals surface area contributed by atoms with E-state index in [0.717, 1.165) is 24.8 Å². The Kier molecular flexibility index (Phi) is 5.24. The van der Waals surface area contributed by atoms with E-state index in [0.29, 0.717) is 28.8 Å². The minimum Gasteiger partial charge on any atom is -0.495 e. The minimum atomic E-state index is -0.298. The first-order valence-corrected chi connectivity index (χ1v) is 9.43. The number of anilines is 3. The Morgan fingerprint density at radius 3 is 2.79 bits per heavy atom. The van der Waals surface area contributed by atoms with Gasteiger partial charge in [0, 0.05) is 24.0 Å². The van der Waals surface area contributed by atoms with Crippen molar-refractivity contribution in [3.05, 3.63) is 55.0 Å². The van der Waals surface area contributed by atoms with Crippen LogP contribution in [-0.4, -0.2) is 34.1 Å². The van der Waals surface area contributed by atoms with Gasteiger partial charge in [0.05, 0.1) is 24.7 Å². The molecule has 8 nitrogen and oxygen atoms in total. The molecule has 1 fully saturated rings. The van der Waals surface area contributed by atoms with Gasteiger partial charge in [0.1, 0.15) is 11.6 Å². The number of nitrogens with two attached hydrogens (primary N) is 1. The number of nitrogen functional groups attached to an aromatic ring is 1.